The monoisotopic (exact) mass is 296 g/mol. The average molecular weight is 297 g/mol. The lowest BCUT2D eigenvalue weighted by molar-refractivity contribution is -0.115. The molecule has 0 unspecified atom stereocenters. The van der Waals surface area contributed by atoms with Gasteiger partial charge < -0.3 is 5.32 Å². The highest BCUT2D eigenvalue weighted by Crippen LogP contribution is 2.20. The molecule has 0 spiro atoms. The van der Waals surface area contributed by atoms with Crippen LogP contribution in [0.15, 0.2) is 18.2 Å². The summed E-state index contributed by atoms with van der Waals surface area (Å²) in [5, 5.41) is 5.41. The second-order valence-corrected chi connectivity index (χ2v) is 4.32. The molecule has 1 aromatic carbocycles. The van der Waals surface area contributed by atoms with Gasteiger partial charge in [0, 0.05) is 17.4 Å². The quantitative estimate of drug-likeness (QED) is 0.652. The summed E-state index contributed by atoms with van der Waals surface area (Å²) in [5.41, 5.74) is 1.15. The fraction of sp³-hybridized carbons (Fsp3) is 0.182. The SMILES string of the molecule is O=C(CCBr)Nc1ccc2c(c1)C(=O)NC2=O. The molecule has 2 rings (SSSR count). The number of nitrogens with one attached hydrogen (secondary N) is 2. The lowest BCUT2D eigenvalue weighted by atomic mass is 10.1. The van der Waals surface area contributed by atoms with Crippen LogP contribution >= 0.6 is 15.9 Å². The maximum Gasteiger partial charge on any atom is 0.259 e. The Hall–Kier alpha value is -1.69. The summed E-state index contributed by atoms with van der Waals surface area (Å²) in [6, 6.07) is 4.63. The Balaban J connectivity index is 2.23. The lowest BCUT2D eigenvalue weighted by Gasteiger charge is -2.04. The molecule has 1 heterocycles. The van der Waals surface area contributed by atoms with E-state index in [1.807, 2.05) is 0 Å². The Kier molecular flexibility index (Phi) is 3.23. The van der Waals surface area contributed by atoms with Crippen LogP contribution in [0.3, 0.4) is 0 Å². The van der Waals surface area contributed by atoms with E-state index in [2.05, 4.69) is 26.6 Å². The second kappa shape index (κ2) is 4.67. The smallest absolute Gasteiger partial charge is 0.259 e. The number of rotatable bonds is 3. The third-order valence-electron chi connectivity index (χ3n) is 2.34. The highest BCUT2D eigenvalue weighted by atomic mass is 79.9. The standard InChI is InChI=1S/C11H9BrN2O3/c12-4-3-9(15)13-6-1-2-7-8(5-6)11(17)14-10(7)16/h1-2,5H,3-4H2,(H,13,15)(H,14,16,17). The van der Waals surface area contributed by atoms with Crippen molar-refractivity contribution in [2.75, 3.05) is 10.6 Å². The van der Waals surface area contributed by atoms with Gasteiger partial charge in [-0.05, 0) is 18.2 Å². The number of fused-ring (bicyclic) bond motifs is 1. The van der Waals surface area contributed by atoms with E-state index in [4.69, 9.17) is 0 Å². The van der Waals surface area contributed by atoms with Crippen molar-refractivity contribution in [1.82, 2.24) is 5.32 Å². The zero-order valence-corrected chi connectivity index (χ0v) is 10.3. The van der Waals surface area contributed by atoms with Crippen molar-refractivity contribution < 1.29 is 14.4 Å². The third kappa shape index (κ3) is 2.36. The number of alkyl halides is 1. The molecule has 6 heteroatoms. The van der Waals surface area contributed by atoms with Crippen molar-refractivity contribution in [3.8, 4) is 0 Å². The molecule has 0 fully saturated rings. The summed E-state index contributed by atoms with van der Waals surface area (Å²) in [4.78, 5) is 34.0. The van der Waals surface area contributed by atoms with Crippen LogP contribution in [0.1, 0.15) is 27.1 Å². The van der Waals surface area contributed by atoms with Gasteiger partial charge in [0.1, 0.15) is 0 Å². The number of imide groups is 1. The zero-order chi connectivity index (χ0) is 12.4. The second-order valence-electron chi connectivity index (χ2n) is 3.53. The molecule has 5 nitrogen and oxygen atoms in total. The Morgan fingerprint density at radius 1 is 1.24 bits per heavy atom. The molecule has 2 N–H and O–H groups in total. The van der Waals surface area contributed by atoms with Crippen molar-refractivity contribution in [3.05, 3.63) is 29.3 Å². The van der Waals surface area contributed by atoms with Gasteiger partial charge in [0.2, 0.25) is 5.91 Å². The number of carbonyl (C=O) groups is 3. The first-order valence-electron chi connectivity index (χ1n) is 4.97. The van der Waals surface area contributed by atoms with E-state index in [1.165, 1.54) is 12.1 Å². The Morgan fingerprint density at radius 2 is 1.94 bits per heavy atom. The number of carbonyl (C=O) groups excluding carboxylic acids is 3. The first kappa shape index (κ1) is 11.8. The van der Waals surface area contributed by atoms with Gasteiger partial charge in [0.05, 0.1) is 11.1 Å². The molecular formula is C11H9BrN2O3. The van der Waals surface area contributed by atoms with E-state index >= 15 is 0 Å². The summed E-state index contributed by atoms with van der Waals surface area (Å²) >= 11 is 3.16. The highest BCUT2D eigenvalue weighted by Gasteiger charge is 2.26. The van der Waals surface area contributed by atoms with Crippen molar-refractivity contribution >= 4 is 39.3 Å². The fourth-order valence-electron chi connectivity index (χ4n) is 1.55. The normalized spacial score (nSPS) is 13.2. The first-order valence-corrected chi connectivity index (χ1v) is 6.09. The number of benzene rings is 1. The Bertz CT molecular complexity index is 513. The number of hydrogen-bond acceptors (Lipinski definition) is 3. The minimum atomic E-state index is -0.429. The average Bonchev–Trinajstić information content (AvgIpc) is 2.55. The predicted molar refractivity (Wildman–Crippen MR) is 65.3 cm³/mol. The molecule has 1 aliphatic rings. The van der Waals surface area contributed by atoms with Gasteiger partial charge >= 0.3 is 0 Å². The van der Waals surface area contributed by atoms with E-state index in [1.54, 1.807) is 6.07 Å². The maximum absolute atomic E-state index is 11.4. The predicted octanol–water partition coefficient (Wildman–Crippen LogP) is 1.29. The van der Waals surface area contributed by atoms with Gasteiger partial charge in [0.15, 0.2) is 0 Å². The van der Waals surface area contributed by atoms with Crippen LogP contribution in [0.2, 0.25) is 0 Å². The summed E-state index contributed by atoms with van der Waals surface area (Å²) in [6.07, 6.45) is 0.349. The van der Waals surface area contributed by atoms with Gasteiger partial charge in [-0.25, -0.2) is 0 Å². The molecule has 88 valence electrons. The minimum absolute atomic E-state index is 0.147. The molecule has 17 heavy (non-hydrogen) atoms. The van der Waals surface area contributed by atoms with E-state index in [0.717, 1.165) is 0 Å². The molecule has 0 saturated heterocycles. The molecule has 0 atom stereocenters. The fourth-order valence-corrected chi connectivity index (χ4v) is 1.92. The summed E-state index contributed by atoms with van der Waals surface area (Å²) in [5.74, 6) is -0.975. The van der Waals surface area contributed by atoms with Crippen molar-refractivity contribution in [2.24, 2.45) is 0 Å². The first-order chi connectivity index (χ1) is 8.11. The number of anilines is 1. The Morgan fingerprint density at radius 3 is 2.65 bits per heavy atom. The summed E-state index contributed by atoms with van der Waals surface area (Å²) in [6.45, 7) is 0. The van der Waals surface area contributed by atoms with Crippen LogP contribution < -0.4 is 10.6 Å². The van der Waals surface area contributed by atoms with Gasteiger partial charge in [-0.3, -0.25) is 19.7 Å². The van der Waals surface area contributed by atoms with Gasteiger partial charge in [-0.1, -0.05) is 15.9 Å². The van der Waals surface area contributed by atoms with E-state index < -0.39 is 11.8 Å². The van der Waals surface area contributed by atoms with E-state index in [-0.39, 0.29) is 5.91 Å². The maximum atomic E-state index is 11.4. The molecular weight excluding hydrogens is 288 g/mol. The van der Waals surface area contributed by atoms with Crippen LogP contribution in [0.4, 0.5) is 5.69 Å². The molecule has 0 saturated carbocycles. The molecule has 1 aromatic rings. The molecule has 0 radical (unpaired) electrons. The van der Waals surface area contributed by atoms with Gasteiger partial charge in [0.25, 0.3) is 11.8 Å². The largest absolute Gasteiger partial charge is 0.326 e. The van der Waals surface area contributed by atoms with Gasteiger partial charge in [-0.15, -0.1) is 0 Å². The van der Waals surface area contributed by atoms with Crippen molar-refractivity contribution in [3.63, 3.8) is 0 Å². The van der Waals surface area contributed by atoms with Crippen LogP contribution in [-0.4, -0.2) is 23.1 Å². The van der Waals surface area contributed by atoms with Crippen LogP contribution in [0.5, 0.6) is 0 Å². The van der Waals surface area contributed by atoms with Crippen molar-refractivity contribution in [2.45, 2.75) is 6.42 Å². The molecule has 3 amide bonds. The lowest BCUT2D eigenvalue weighted by Crippen LogP contribution is -2.19. The van der Waals surface area contributed by atoms with Crippen molar-refractivity contribution in [1.29, 1.82) is 0 Å². The van der Waals surface area contributed by atoms with E-state index in [9.17, 15) is 14.4 Å². The number of amides is 3. The number of halogens is 1. The topological polar surface area (TPSA) is 75.3 Å². The molecule has 1 aliphatic heterocycles. The zero-order valence-electron chi connectivity index (χ0n) is 8.75. The van der Waals surface area contributed by atoms with Crippen LogP contribution in [-0.2, 0) is 4.79 Å². The molecule has 0 aromatic heterocycles. The number of hydrogen-bond donors (Lipinski definition) is 2. The highest BCUT2D eigenvalue weighted by molar-refractivity contribution is 9.09. The van der Waals surface area contributed by atoms with Crippen LogP contribution in [0.25, 0.3) is 0 Å². The molecule has 0 aliphatic carbocycles. The summed E-state index contributed by atoms with van der Waals surface area (Å²) < 4.78 is 0. The third-order valence-corrected chi connectivity index (χ3v) is 2.74. The molecule has 0 bridgehead atoms. The Labute approximate surface area is 106 Å². The van der Waals surface area contributed by atoms with Crippen LogP contribution in [0, 0.1) is 0 Å². The van der Waals surface area contributed by atoms with E-state index in [0.29, 0.717) is 28.6 Å². The minimum Gasteiger partial charge on any atom is -0.326 e. The van der Waals surface area contributed by atoms with Gasteiger partial charge in [-0.2, -0.15) is 0 Å². The summed E-state index contributed by atoms with van der Waals surface area (Å²) in [7, 11) is 0.